The predicted octanol–water partition coefficient (Wildman–Crippen LogP) is 4.14. The lowest BCUT2D eigenvalue weighted by atomic mass is 10.1. The molecular weight excluding hydrogens is 343 g/mol. The first-order chi connectivity index (χ1) is 13.0. The Bertz CT molecular complexity index is 941. The van der Waals surface area contributed by atoms with Crippen molar-refractivity contribution in [3.63, 3.8) is 0 Å². The molecule has 0 unspecified atom stereocenters. The van der Waals surface area contributed by atoms with Crippen molar-refractivity contribution >= 4 is 17.5 Å². The van der Waals surface area contributed by atoms with Crippen LogP contribution in [0.15, 0.2) is 54.9 Å². The summed E-state index contributed by atoms with van der Waals surface area (Å²) in [6.07, 6.45) is 3.46. The Kier molecular flexibility index (Phi) is 5.76. The van der Waals surface area contributed by atoms with E-state index in [0.717, 1.165) is 16.8 Å². The number of aromatic nitrogens is 2. The number of hydrogen-bond donors (Lipinski definition) is 2. The van der Waals surface area contributed by atoms with Crippen LogP contribution in [-0.2, 0) is 6.42 Å². The van der Waals surface area contributed by atoms with Gasteiger partial charge >= 0.3 is 0 Å². The van der Waals surface area contributed by atoms with Crippen LogP contribution < -0.4 is 10.6 Å². The molecule has 5 nitrogen and oxygen atoms in total. The summed E-state index contributed by atoms with van der Waals surface area (Å²) >= 11 is 0. The molecule has 0 atom stereocenters. The van der Waals surface area contributed by atoms with E-state index in [1.54, 1.807) is 18.2 Å². The summed E-state index contributed by atoms with van der Waals surface area (Å²) in [4.78, 5) is 20.7. The molecule has 3 aromatic rings. The van der Waals surface area contributed by atoms with Crippen LogP contribution in [0, 0.1) is 19.7 Å². The highest BCUT2D eigenvalue weighted by atomic mass is 19.1. The number of halogens is 1. The number of aryl methyl sites for hydroxylation is 1. The average molecular weight is 364 g/mol. The van der Waals surface area contributed by atoms with Gasteiger partial charge in [0.25, 0.3) is 5.91 Å². The minimum absolute atomic E-state index is 0.223. The van der Waals surface area contributed by atoms with Crippen LogP contribution in [0.3, 0.4) is 0 Å². The Morgan fingerprint density at radius 3 is 2.52 bits per heavy atom. The Labute approximate surface area is 157 Å². The van der Waals surface area contributed by atoms with Gasteiger partial charge in [0.1, 0.15) is 5.82 Å². The van der Waals surface area contributed by atoms with E-state index in [4.69, 9.17) is 0 Å². The van der Waals surface area contributed by atoms with Crippen molar-refractivity contribution in [1.82, 2.24) is 9.97 Å². The Balaban J connectivity index is 1.57. The first-order valence-electron chi connectivity index (χ1n) is 8.71. The number of nitrogens with one attached hydrogen (secondary N) is 2. The van der Waals surface area contributed by atoms with Gasteiger partial charge in [0.2, 0.25) is 5.95 Å². The second-order valence-corrected chi connectivity index (χ2v) is 6.27. The number of carbonyl (C=O) groups excluding carboxylic acids is 1. The van der Waals surface area contributed by atoms with Gasteiger partial charge in [0.05, 0.1) is 5.56 Å². The first-order valence-corrected chi connectivity index (χ1v) is 8.71. The lowest BCUT2D eigenvalue weighted by molar-refractivity contribution is 0.102. The van der Waals surface area contributed by atoms with Gasteiger partial charge in [-0.25, -0.2) is 14.4 Å². The molecule has 3 rings (SSSR count). The second kappa shape index (κ2) is 8.40. The minimum Gasteiger partial charge on any atom is -0.354 e. The van der Waals surface area contributed by atoms with E-state index in [0.29, 0.717) is 30.0 Å². The maximum atomic E-state index is 13.6. The molecule has 0 bridgehead atoms. The second-order valence-electron chi connectivity index (χ2n) is 6.27. The summed E-state index contributed by atoms with van der Waals surface area (Å²) in [5.41, 5.74) is 3.91. The number of anilines is 2. The average Bonchev–Trinajstić information content (AvgIpc) is 2.67. The number of benzene rings is 2. The van der Waals surface area contributed by atoms with E-state index >= 15 is 0 Å². The molecule has 2 aromatic carbocycles. The fraction of sp³-hybridized carbons (Fsp3) is 0.190. The van der Waals surface area contributed by atoms with Crippen LogP contribution in [-0.4, -0.2) is 22.4 Å². The summed E-state index contributed by atoms with van der Waals surface area (Å²) in [5, 5.41) is 5.91. The number of amides is 1. The van der Waals surface area contributed by atoms with Crippen LogP contribution >= 0.6 is 0 Å². The van der Waals surface area contributed by atoms with Gasteiger partial charge in [-0.05, 0) is 49.1 Å². The molecule has 1 aromatic heterocycles. The third-order valence-corrected chi connectivity index (χ3v) is 4.40. The predicted molar refractivity (Wildman–Crippen MR) is 104 cm³/mol. The summed E-state index contributed by atoms with van der Waals surface area (Å²) < 4.78 is 13.6. The standard InChI is InChI=1S/C21H21FN4O/c1-14-6-5-9-19(15(14)2)26-20(27)17-12-24-21(25-13-17)23-11-10-16-7-3-4-8-18(16)22/h3-9,12-13H,10-11H2,1-2H3,(H,26,27)(H,23,24,25). The van der Waals surface area contributed by atoms with E-state index in [-0.39, 0.29) is 11.7 Å². The molecule has 0 saturated heterocycles. The smallest absolute Gasteiger partial charge is 0.258 e. The summed E-state index contributed by atoms with van der Waals surface area (Å²) in [6.45, 7) is 4.45. The van der Waals surface area contributed by atoms with Crippen molar-refractivity contribution in [2.45, 2.75) is 20.3 Å². The summed E-state index contributed by atoms with van der Waals surface area (Å²) in [5.74, 6) is -0.0880. The topological polar surface area (TPSA) is 66.9 Å². The molecule has 0 aliphatic carbocycles. The maximum absolute atomic E-state index is 13.6. The molecule has 1 amide bonds. The highest BCUT2D eigenvalue weighted by Gasteiger charge is 2.10. The zero-order valence-electron chi connectivity index (χ0n) is 15.3. The summed E-state index contributed by atoms with van der Waals surface area (Å²) in [7, 11) is 0. The van der Waals surface area contributed by atoms with Crippen molar-refractivity contribution in [2.75, 3.05) is 17.2 Å². The Morgan fingerprint density at radius 2 is 1.78 bits per heavy atom. The lowest BCUT2D eigenvalue weighted by Gasteiger charge is -2.10. The van der Waals surface area contributed by atoms with Crippen molar-refractivity contribution in [1.29, 1.82) is 0 Å². The van der Waals surface area contributed by atoms with E-state index in [2.05, 4.69) is 20.6 Å². The molecule has 0 fully saturated rings. The first kappa shape index (κ1) is 18.5. The van der Waals surface area contributed by atoms with Gasteiger partial charge in [-0.15, -0.1) is 0 Å². The largest absolute Gasteiger partial charge is 0.354 e. The van der Waals surface area contributed by atoms with E-state index in [1.807, 2.05) is 32.0 Å². The van der Waals surface area contributed by atoms with E-state index < -0.39 is 0 Å². The van der Waals surface area contributed by atoms with Gasteiger partial charge in [0.15, 0.2) is 0 Å². The normalized spacial score (nSPS) is 10.5. The zero-order chi connectivity index (χ0) is 19.2. The quantitative estimate of drug-likeness (QED) is 0.690. The van der Waals surface area contributed by atoms with Gasteiger partial charge in [-0.1, -0.05) is 30.3 Å². The number of rotatable bonds is 6. The molecule has 27 heavy (non-hydrogen) atoms. The maximum Gasteiger partial charge on any atom is 0.258 e. The van der Waals surface area contributed by atoms with Crippen LogP contribution in [0.1, 0.15) is 27.0 Å². The molecule has 0 aliphatic rings. The van der Waals surface area contributed by atoms with Gasteiger partial charge in [-0.3, -0.25) is 4.79 Å². The van der Waals surface area contributed by atoms with Gasteiger partial charge in [-0.2, -0.15) is 0 Å². The molecule has 6 heteroatoms. The van der Waals surface area contributed by atoms with Gasteiger partial charge < -0.3 is 10.6 Å². The fourth-order valence-electron chi connectivity index (χ4n) is 2.63. The molecule has 1 heterocycles. The molecule has 2 N–H and O–H groups in total. The molecule has 0 aliphatic heterocycles. The highest BCUT2D eigenvalue weighted by Crippen LogP contribution is 2.18. The number of hydrogen-bond acceptors (Lipinski definition) is 4. The highest BCUT2D eigenvalue weighted by molar-refractivity contribution is 6.04. The minimum atomic E-state index is -0.262. The van der Waals surface area contributed by atoms with Crippen LogP contribution in [0.5, 0.6) is 0 Å². The van der Waals surface area contributed by atoms with Crippen LogP contribution in [0.4, 0.5) is 16.0 Å². The molecule has 0 saturated carbocycles. The SMILES string of the molecule is Cc1cccc(NC(=O)c2cnc(NCCc3ccccc3F)nc2)c1C. The molecule has 0 radical (unpaired) electrons. The third-order valence-electron chi connectivity index (χ3n) is 4.40. The van der Waals surface area contributed by atoms with Crippen molar-refractivity contribution < 1.29 is 9.18 Å². The van der Waals surface area contributed by atoms with Crippen molar-refractivity contribution in [3.05, 3.63) is 82.9 Å². The third kappa shape index (κ3) is 4.67. The number of nitrogens with zero attached hydrogens (tertiary/aromatic N) is 2. The lowest BCUT2D eigenvalue weighted by Crippen LogP contribution is -2.15. The summed E-state index contributed by atoms with van der Waals surface area (Å²) in [6, 6.07) is 12.4. The Morgan fingerprint density at radius 1 is 1.04 bits per heavy atom. The monoisotopic (exact) mass is 364 g/mol. The Hall–Kier alpha value is -3.28. The van der Waals surface area contributed by atoms with Crippen molar-refractivity contribution in [3.8, 4) is 0 Å². The fourth-order valence-corrected chi connectivity index (χ4v) is 2.63. The zero-order valence-corrected chi connectivity index (χ0v) is 15.3. The van der Waals surface area contributed by atoms with Crippen LogP contribution in [0.25, 0.3) is 0 Å². The molecule has 0 spiro atoms. The van der Waals surface area contributed by atoms with Crippen molar-refractivity contribution in [2.24, 2.45) is 0 Å². The molecule has 138 valence electrons. The van der Waals surface area contributed by atoms with E-state index in [1.165, 1.54) is 18.5 Å². The van der Waals surface area contributed by atoms with Gasteiger partial charge in [0, 0.05) is 24.6 Å². The number of carbonyl (C=O) groups is 1. The van der Waals surface area contributed by atoms with Crippen LogP contribution in [0.2, 0.25) is 0 Å². The molecular formula is C21H21FN4O. The van der Waals surface area contributed by atoms with E-state index in [9.17, 15) is 9.18 Å².